The molecule has 1 saturated heterocycles. The van der Waals surface area contributed by atoms with E-state index in [-0.39, 0.29) is 0 Å². The molecule has 0 aromatic rings. The van der Waals surface area contributed by atoms with Crippen LogP contribution < -0.4 is 5.32 Å². The van der Waals surface area contributed by atoms with E-state index < -0.39 is 0 Å². The van der Waals surface area contributed by atoms with Crippen molar-refractivity contribution >= 4 is 16.9 Å². The second-order valence-corrected chi connectivity index (χ2v) is 6.79. The van der Waals surface area contributed by atoms with Crippen molar-refractivity contribution < 1.29 is 0 Å². The number of amidine groups is 1. The molecule has 1 saturated carbocycles. The predicted octanol–water partition coefficient (Wildman–Crippen LogP) is 3.67. The van der Waals surface area contributed by atoms with Gasteiger partial charge in [-0.15, -0.1) is 0 Å². The van der Waals surface area contributed by atoms with Crippen LogP contribution >= 0.6 is 11.8 Å². The first-order valence-corrected chi connectivity index (χ1v) is 8.18. The molecule has 0 unspecified atom stereocenters. The number of hydrogen-bond acceptors (Lipinski definition) is 2. The third-order valence-corrected chi connectivity index (χ3v) is 5.08. The highest BCUT2D eigenvalue weighted by molar-refractivity contribution is 8.14. The van der Waals surface area contributed by atoms with Crippen LogP contribution in [0.2, 0.25) is 0 Å². The molecule has 1 N–H and O–H groups in total. The molecule has 0 radical (unpaired) electrons. The summed E-state index contributed by atoms with van der Waals surface area (Å²) in [5, 5.41) is 4.74. The fraction of sp³-hybridized carbons (Fsp3) is 0.929. The van der Waals surface area contributed by atoms with Gasteiger partial charge in [0.25, 0.3) is 0 Å². The van der Waals surface area contributed by atoms with E-state index in [4.69, 9.17) is 4.99 Å². The standard InChI is InChI=1S/C14H26N2S/c1-11(2)13-10-17-14(16-13)15-9-8-12-6-4-3-5-7-12/h11-13H,3-10H2,1-2H3,(H,15,16)/t13-/m1/s1. The van der Waals surface area contributed by atoms with E-state index in [9.17, 15) is 0 Å². The van der Waals surface area contributed by atoms with Crippen LogP contribution in [0.3, 0.4) is 0 Å². The SMILES string of the molecule is CC(C)[C@H]1CSC(=NCCC2CCCCC2)N1. The summed E-state index contributed by atoms with van der Waals surface area (Å²) in [5.74, 6) is 2.87. The van der Waals surface area contributed by atoms with Crippen molar-refractivity contribution in [3.05, 3.63) is 0 Å². The van der Waals surface area contributed by atoms with Gasteiger partial charge in [0.1, 0.15) is 0 Å². The largest absolute Gasteiger partial charge is 0.361 e. The van der Waals surface area contributed by atoms with Crippen LogP contribution in [0.5, 0.6) is 0 Å². The molecule has 1 aliphatic carbocycles. The van der Waals surface area contributed by atoms with E-state index >= 15 is 0 Å². The lowest BCUT2D eigenvalue weighted by molar-refractivity contribution is 0.343. The van der Waals surface area contributed by atoms with Crippen LogP contribution in [-0.4, -0.2) is 23.5 Å². The Hall–Kier alpha value is -0.180. The van der Waals surface area contributed by atoms with Crippen LogP contribution in [0, 0.1) is 11.8 Å². The minimum atomic E-state index is 0.633. The van der Waals surface area contributed by atoms with Gasteiger partial charge in [0, 0.05) is 18.3 Å². The maximum Gasteiger partial charge on any atom is 0.156 e. The third-order valence-electron chi connectivity index (χ3n) is 4.03. The quantitative estimate of drug-likeness (QED) is 0.827. The van der Waals surface area contributed by atoms with E-state index in [0.717, 1.165) is 12.5 Å². The van der Waals surface area contributed by atoms with Crippen molar-refractivity contribution in [1.29, 1.82) is 0 Å². The minimum Gasteiger partial charge on any atom is -0.361 e. The van der Waals surface area contributed by atoms with Gasteiger partial charge in [-0.1, -0.05) is 57.7 Å². The van der Waals surface area contributed by atoms with Gasteiger partial charge in [0.05, 0.1) is 0 Å². The van der Waals surface area contributed by atoms with Gasteiger partial charge in [0.15, 0.2) is 5.17 Å². The predicted molar refractivity (Wildman–Crippen MR) is 77.7 cm³/mol. The molecule has 2 aliphatic rings. The molecule has 0 bridgehead atoms. The Morgan fingerprint density at radius 2 is 2.06 bits per heavy atom. The van der Waals surface area contributed by atoms with E-state index in [2.05, 4.69) is 19.2 Å². The Balaban J connectivity index is 1.67. The molecule has 98 valence electrons. The van der Waals surface area contributed by atoms with Gasteiger partial charge in [-0.05, 0) is 18.3 Å². The molecule has 17 heavy (non-hydrogen) atoms. The van der Waals surface area contributed by atoms with Gasteiger partial charge in [0.2, 0.25) is 0 Å². The molecule has 1 heterocycles. The van der Waals surface area contributed by atoms with E-state index in [1.54, 1.807) is 0 Å². The molecule has 2 nitrogen and oxygen atoms in total. The third kappa shape index (κ3) is 4.20. The molecule has 3 heteroatoms. The summed E-state index contributed by atoms with van der Waals surface area (Å²) < 4.78 is 0. The Kier molecular flexibility index (Phi) is 5.20. The summed E-state index contributed by atoms with van der Waals surface area (Å²) in [5.41, 5.74) is 0. The fourth-order valence-electron chi connectivity index (χ4n) is 2.69. The summed E-state index contributed by atoms with van der Waals surface area (Å²) in [6.45, 7) is 5.59. The first-order valence-electron chi connectivity index (χ1n) is 7.19. The zero-order valence-corrected chi connectivity index (χ0v) is 12.1. The van der Waals surface area contributed by atoms with E-state index in [1.807, 2.05) is 11.8 Å². The van der Waals surface area contributed by atoms with E-state index in [0.29, 0.717) is 12.0 Å². The van der Waals surface area contributed by atoms with Gasteiger partial charge in [-0.25, -0.2) is 0 Å². The molecule has 2 fully saturated rings. The zero-order valence-electron chi connectivity index (χ0n) is 11.2. The van der Waals surface area contributed by atoms with Crippen molar-refractivity contribution in [2.45, 2.75) is 58.4 Å². The molecule has 0 spiro atoms. The van der Waals surface area contributed by atoms with Crippen LogP contribution in [0.25, 0.3) is 0 Å². The number of aliphatic imine (C=N–C) groups is 1. The Morgan fingerprint density at radius 3 is 2.71 bits per heavy atom. The number of nitrogens with zero attached hydrogens (tertiary/aromatic N) is 1. The molecule has 2 rings (SSSR count). The molecular weight excluding hydrogens is 228 g/mol. The molecule has 0 amide bonds. The second-order valence-electron chi connectivity index (χ2n) is 5.79. The lowest BCUT2D eigenvalue weighted by Crippen LogP contribution is -2.31. The number of thioether (sulfide) groups is 1. The molecule has 1 aliphatic heterocycles. The topological polar surface area (TPSA) is 24.4 Å². The van der Waals surface area contributed by atoms with Gasteiger partial charge < -0.3 is 5.32 Å². The highest BCUT2D eigenvalue weighted by Gasteiger charge is 2.22. The minimum absolute atomic E-state index is 0.633. The monoisotopic (exact) mass is 254 g/mol. The summed E-state index contributed by atoms with van der Waals surface area (Å²) in [4.78, 5) is 4.72. The van der Waals surface area contributed by atoms with Gasteiger partial charge in [-0.3, -0.25) is 4.99 Å². The maximum absolute atomic E-state index is 4.72. The van der Waals surface area contributed by atoms with Crippen LogP contribution in [0.4, 0.5) is 0 Å². The van der Waals surface area contributed by atoms with Crippen LogP contribution in [0.15, 0.2) is 4.99 Å². The average molecular weight is 254 g/mol. The van der Waals surface area contributed by atoms with Gasteiger partial charge >= 0.3 is 0 Å². The summed E-state index contributed by atoms with van der Waals surface area (Å²) in [6, 6.07) is 0.633. The average Bonchev–Trinajstić information content (AvgIpc) is 2.79. The molecule has 0 aromatic carbocycles. The highest BCUT2D eigenvalue weighted by atomic mass is 32.2. The molecule has 1 atom stereocenters. The summed E-state index contributed by atoms with van der Waals surface area (Å²) in [6.07, 6.45) is 8.55. The normalized spacial score (nSPS) is 28.9. The first-order chi connectivity index (χ1) is 8.25. The van der Waals surface area contributed by atoms with Crippen molar-refractivity contribution in [2.75, 3.05) is 12.3 Å². The number of rotatable bonds is 4. The number of hydrogen-bond donors (Lipinski definition) is 1. The molecule has 0 aromatic heterocycles. The summed E-state index contributed by atoms with van der Waals surface area (Å²) in [7, 11) is 0. The zero-order chi connectivity index (χ0) is 12.1. The van der Waals surface area contributed by atoms with Crippen molar-refractivity contribution in [2.24, 2.45) is 16.8 Å². The lowest BCUT2D eigenvalue weighted by Gasteiger charge is -2.20. The lowest BCUT2D eigenvalue weighted by atomic mass is 9.87. The van der Waals surface area contributed by atoms with Gasteiger partial charge in [-0.2, -0.15) is 0 Å². The van der Waals surface area contributed by atoms with Crippen molar-refractivity contribution in [1.82, 2.24) is 5.32 Å². The smallest absolute Gasteiger partial charge is 0.156 e. The van der Waals surface area contributed by atoms with Crippen LogP contribution in [0.1, 0.15) is 52.4 Å². The Morgan fingerprint density at radius 1 is 1.29 bits per heavy atom. The first kappa shape index (κ1) is 13.3. The second kappa shape index (κ2) is 6.67. The van der Waals surface area contributed by atoms with Crippen molar-refractivity contribution in [3.8, 4) is 0 Å². The van der Waals surface area contributed by atoms with E-state index in [1.165, 1.54) is 49.4 Å². The van der Waals surface area contributed by atoms with Crippen molar-refractivity contribution in [3.63, 3.8) is 0 Å². The summed E-state index contributed by atoms with van der Waals surface area (Å²) >= 11 is 1.90. The number of nitrogens with one attached hydrogen (secondary N) is 1. The van der Waals surface area contributed by atoms with Crippen LogP contribution in [-0.2, 0) is 0 Å². The Bertz CT molecular complexity index is 257. The fourth-order valence-corrected chi connectivity index (χ4v) is 3.91. The Labute approximate surface area is 110 Å². The maximum atomic E-state index is 4.72. The molecular formula is C14H26N2S. The highest BCUT2D eigenvalue weighted by Crippen LogP contribution is 2.26.